The van der Waals surface area contributed by atoms with Gasteiger partial charge in [-0.2, -0.15) is 5.10 Å². The summed E-state index contributed by atoms with van der Waals surface area (Å²) in [7, 11) is 0. The van der Waals surface area contributed by atoms with E-state index in [0.29, 0.717) is 18.8 Å². The molecule has 0 N–H and O–H groups in total. The monoisotopic (exact) mass is 360 g/mol. The number of halogens is 1. The highest BCUT2D eigenvalue weighted by Crippen LogP contribution is 2.25. The van der Waals surface area contributed by atoms with Crippen LogP contribution in [0, 0.1) is 13.8 Å². The minimum atomic E-state index is -0.0101. The summed E-state index contributed by atoms with van der Waals surface area (Å²) in [6, 6.07) is 7.51. The van der Waals surface area contributed by atoms with E-state index < -0.39 is 0 Å². The summed E-state index contributed by atoms with van der Waals surface area (Å²) in [5.41, 5.74) is 1.89. The van der Waals surface area contributed by atoms with Crippen molar-refractivity contribution in [2.45, 2.75) is 13.8 Å². The number of amides is 1. The quantitative estimate of drug-likeness (QED) is 0.838. The molecule has 6 nitrogen and oxygen atoms in total. The average Bonchev–Trinajstić information content (AvgIpc) is 2.65. The average molecular weight is 361 g/mol. The summed E-state index contributed by atoms with van der Waals surface area (Å²) in [6.07, 6.45) is 1.65. The third-order valence-electron chi connectivity index (χ3n) is 4.29. The lowest BCUT2D eigenvalue weighted by molar-refractivity contribution is -0.133. The molecule has 7 heteroatoms. The smallest absolute Gasteiger partial charge is 0.260 e. The number of aromatic nitrogens is 2. The molecule has 0 spiro atoms. The van der Waals surface area contributed by atoms with Crippen molar-refractivity contribution in [2.24, 2.45) is 0 Å². The van der Waals surface area contributed by atoms with Gasteiger partial charge in [0.05, 0.1) is 0 Å². The number of carbonyl (C=O) groups is 1. The highest BCUT2D eigenvalue weighted by Gasteiger charge is 2.22. The van der Waals surface area contributed by atoms with E-state index in [4.69, 9.17) is 16.3 Å². The van der Waals surface area contributed by atoms with Crippen LogP contribution in [-0.2, 0) is 4.79 Å². The van der Waals surface area contributed by atoms with Gasteiger partial charge in [0.25, 0.3) is 5.91 Å². The summed E-state index contributed by atoms with van der Waals surface area (Å²) in [5, 5.41) is 8.74. The molecule has 0 radical (unpaired) electrons. The van der Waals surface area contributed by atoms with Gasteiger partial charge >= 0.3 is 0 Å². The van der Waals surface area contributed by atoms with Crippen molar-refractivity contribution in [2.75, 3.05) is 37.7 Å². The molecule has 132 valence electrons. The third kappa shape index (κ3) is 4.20. The van der Waals surface area contributed by atoms with Crippen LogP contribution in [0.25, 0.3) is 0 Å². The fourth-order valence-corrected chi connectivity index (χ4v) is 2.98. The molecule has 2 heterocycles. The molecule has 1 aliphatic rings. The molecule has 2 aromatic rings. The first-order chi connectivity index (χ1) is 12.0. The van der Waals surface area contributed by atoms with Gasteiger partial charge < -0.3 is 14.5 Å². The Balaban J connectivity index is 1.51. The largest absolute Gasteiger partial charge is 0.484 e. The van der Waals surface area contributed by atoms with Gasteiger partial charge in [0.2, 0.25) is 0 Å². The van der Waals surface area contributed by atoms with Gasteiger partial charge in [-0.05, 0) is 49.2 Å². The first-order valence-corrected chi connectivity index (χ1v) is 8.62. The van der Waals surface area contributed by atoms with Crippen LogP contribution >= 0.6 is 11.6 Å². The van der Waals surface area contributed by atoms with Crippen LogP contribution in [0.1, 0.15) is 11.1 Å². The second-order valence-electron chi connectivity index (χ2n) is 6.11. The standard InChI is InChI=1S/C18H21ClN4O2/c1-13-10-15(11-14(2)18(13)19)25-12-17(24)23-8-6-22(7-9-23)16-4-3-5-20-21-16/h3-5,10-11H,6-9,12H2,1-2H3. The highest BCUT2D eigenvalue weighted by molar-refractivity contribution is 6.32. The molecule has 1 aromatic carbocycles. The molecule has 0 aliphatic carbocycles. The fraction of sp³-hybridized carbons (Fsp3) is 0.389. The minimum absolute atomic E-state index is 0.0101. The topological polar surface area (TPSA) is 58.6 Å². The number of anilines is 1. The Labute approximate surface area is 152 Å². The maximum absolute atomic E-state index is 12.4. The number of carbonyl (C=O) groups excluding carboxylic acids is 1. The lowest BCUT2D eigenvalue weighted by Gasteiger charge is -2.35. The molecule has 3 rings (SSSR count). The molecule has 1 saturated heterocycles. The van der Waals surface area contributed by atoms with E-state index in [9.17, 15) is 4.79 Å². The van der Waals surface area contributed by atoms with Gasteiger partial charge in [-0.3, -0.25) is 4.79 Å². The number of benzene rings is 1. The van der Waals surface area contributed by atoms with Crippen molar-refractivity contribution in [1.29, 1.82) is 0 Å². The number of hydrogen-bond acceptors (Lipinski definition) is 5. The molecule has 0 atom stereocenters. The lowest BCUT2D eigenvalue weighted by Crippen LogP contribution is -2.50. The van der Waals surface area contributed by atoms with Crippen molar-refractivity contribution in [1.82, 2.24) is 15.1 Å². The Morgan fingerprint density at radius 1 is 1.20 bits per heavy atom. The molecule has 25 heavy (non-hydrogen) atoms. The number of aryl methyl sites for hydroxylation is 2. The Bertz CT molecular complexity index is 723. The lowest BCUT2D eigenvalue weighted by atomic mass is 10.1. The number of ether oxygens (including phenoxy) is 1. The Morgan fingerprint density at radius 2 is 1.88 bits per heavy atom. The van der Waals surface area contributed by atoms with Crippen LogP contribution in [0.2, 0.25) is 5.02 Å². The number of nitrogens with zero attached hydrogens (tertiary/aromatic N) is 4. The summed E-state index contributed by atoms with van der Waals surface area (Å²) >= 11 is 6.15. The van der Waals surface area contributed by atoms with E-state index >= 15 is 0 Å². The van der Waals surface area contributed by atoms with Gasteiger partial charge in [-0.25, -0.2) is 0 Å². The van der Waals surface area contributed by atoms with Gasteiger partial charge in [0.15, 0.2) is 12.4 Å². The second-order valence-corrected chi connectivity index (χ2v) is 6.49. The molecule has 0 bridgehead atoms. The molecule has 1 fully saturated rings. The molecular formula is C18H21ClN4O2. The molecular weight excluding hydrogens is 340 g/mol. The zero-order chi connectivity index (χ0) is 17.8. The first kappa shape index (κ1) is 17.5. The normalized spacial score (nSPS) is 14.5. The van der Waals surface area contributed by atoms with E-state index in [1.807, 2.05) is 43.0 Å². The van der Waals surface area contributed by atoms with Gasteiger partial charge in [0, 0.05) is 37.4 Å². The van der Waals surface area contributed by atoms with Crippen LogP contribution in [-0.4, -0.2) is 53.8 Å². The molecule has 1 amide bonds. The predicted octanol–water partition coefficient (Wildman–Crippen LogP) is 2.47. The first-order valence-electron chi connectivity index (χ1n) is 8.24. The maximum Gasteiger partial charge on any atom is 0.260 e. The van der Waals surface area contributed by atoms with Crippen LogP contribution in [0.5, 0.6) is 5.75 Å². The van der Waals surface area contributed by atoms with E-state index in [0.717, 1.165) is 35.1 Å². The molecule has 1 aliphatic heterocycles. The van der Waals surface area contributed by atoms with Gasteiger partial charge in [-0.1, -0.05) is 11.6 Å². The SMILES string of the molecule is Cc1cc(OCC(=O)N2CCN(c3cccnn3)CC2)cc(C)c1Cl. The van der Waals surface area contributed by atoms with Gasteiger partial charge in [0.1, 0.15) is 5.75 Å². The van der Waals surface area contributed by atoms with Crippen molar-refractivity contribution < 1.29 is 9.53 Å². The minimum Gasteiger partial charge on any atom is -0.484 e. The highest BCUT2D eigenvalue weighted by atomic mass is 35.5. The summed E-state index contributed by atoms with van der Waals surface area (Å²) in [6.45, 7) is 6.67. The molecule has 0 saturated carbocycles. The second kappa shape index (κ2) is 7.70. The van der Waals surface area contributed by atoms with E-state index in [1.165, 1.54) is 0 Å². The van der Waals surface area contributed by atoms with Crippen molar-refractivity contribution >= 4 is 23.3 Å². The van der Waals surface area contributed by atoms with Crippen molar-refractivity contribution in [3.63, 3.8) is 0 Å². The number of rotatable bonds is 4. The Hall–Kier alpha value is -2.34. The predicted molar refractivity (Wildman–Crippen MR) is 97.2 cm³/mol. The van der Waals surface area contributed by atoms with Crippen molar-refractivity contribution in [3.8, 4) is 5.75 Å². The van der Waals surface area contributed by atoms with E-state index in [-0.39, 0.29) is 12.5 Å². The van der Waals surface area contributed by atoms with E-state index in [2.05, 4.69) is 15.1 Å². The summed E-state index contributed by atoms with van der Waals surface area (Å²) in [5.74, 6) is 1.51. The van der Waals surface area contributed by atoms with Crippen LogP contribution in [0.3, 0.4) is 0 Å². The molecule has 0 unspecified atom stereocenters. The van der Waals surface area contributed by atoms with Crippen LogP contribution < -0.4 is 9.64 Å². The Morgan fingerprint density at radius 3 is 2.48 bits per heavy atom. The zero-order valence-electron chi connectivity index (χ0n) is 14.4. The van der Waals surface area contributed by atoms with Crippen molar-refractivity contribution in [3.05, 3.63) is 46.6 Å². The fourth-order valence-electron chi connectivity index (χ4n) is 2.87. The Kier molecular flexibility index (Phi) is 5.38. The van der Waals surface area contributed by atoms with E-state index in [1.54, 1.807) is 6.20 Å². The third-order valence-corrected chi connectivity index (χ3v) is 4.88. The van der Waals surface area contributed by atoms with Crippen LogP contribution in [0.4, 0.5) is 5.82 Å². The summed E-state index contributed by atoms with van der Waals surface area (Å²) < 4.78 is 5.66. The summed E-state index contributed by atoms with van der Waals surface area (Å²) in [4.78, 5) is 16.3. The zero-order valence-corrected chi connectivity index (χ0v) is 15.2. The maximum atomic E-state index is 12.4. The van der Waals surface area contributed by atoms with Crippen LogP contribution in [0.15, 0.2) is 30.5 Å². The number of piperazine rings is 1. The van der Waals surface area contributed by atoms with Gasteiger partial charge in [-0.15, -0.1) is 5.10 Å². The number of hydrogen-bond donors (Lipinski definition) is 0. The molecule has 1 aromatic heterocycles.